The molecule has 1 rings (SSSR count). The molecule has 0 saturated carbocycles. The fraction of sp³-hybridized carbons (Fsp3) is 0.182. The van der Waals surface area contributed by atoms with Gasteiger partial charge in [0.2, 0.25) is 0 Å². The minimum atomic E-state index is 0.605. The molecule has 0 atom stereocenters. The van der Waals surface area contributed by atoms with E-state index in [-0.39, 0.29) is 0 Å². The van der Waals surface area contributed by atoms with Gasteiger partial charge >= 0.3 is 0 Å². The van der Waals surface area contributed by atoms with E-state index in [0.29, 0.717) is 6.29 Å². The van der Waals surface area contributed by atoms with Gasteiger partial charge < -0.3 is 0 Å². The molecule has 0 amide bonds. The highest BCUT2D eigenvalue weighted by atomic mass is 16.1. The summed E-state index contributed by atoms with van der Waals surface area (Å²) in [6.45, 7) is 2.10. The molecule has 1 heteroatoms. The van der Waals surface area contributed by atoms with E-state index < -0.39 is 0 Å². The zero-order valence-corrected chi connectivity index (χ0v) is 7.00. The van der Waals surface area contributed by atoms with Gasteiger partial charge in [-0.05, 0) is 30.0 Å². The molecule has 12 heavy (non-hydrogen) atoms. The van der Waals surface area contributed by atoms with Crippen LogP contribution in [0.1, 0.15) is 18.1 Å². The van der Waals surface area contributed by atoms with Gasteiger partial charge in [0.05, 0.1) is 0 Å². The lowest BCUT2D eigenvalue weighted by molar-refractivity contribution is -0.103. The van der Waals surface area contributed by atoms with Crippen LogP contribution in [0.5, 0.6) is 0 Å². The van der Waals surface area contributed by atoms with Gasteiger partial charge in [-0.3, -0.25) is 4.79 Å². The third-order valence-electron chi connectivity index (χ3n) is 1.64. The predicted molar refractivity (Wildman–Crippen MR) is 48.8 cm³/mol. The second-order valence-corrected chi connectivity index (χ2v) is 2.44. The molecule has 0 aliphatic heterocycles. The van der Waals surface area contributed by atoms with Crippen LogP contribution >= 0.6 is 0 Å². The van der Waals surface area contributed by atoms with Crippen LogP contribution in [0.25, 0.3) is 0 Å². The number of aldehydes is 1. The molecule has 0 radical (unpaired) electrons. The Balaban J connectivity index is 2.84. The van der Waals surface area contributed by atoms with Crippen molar-refractivity contribution in [3.63, 3.8) is 0 Å². The van der Waals surface area contributed by atoms with E-state index in [1.807, 2.05) is 24.3 Å². The van der Waals surface area contributed by atoms with E-state index in [9.17, 15) is 4.79 Å². The summed E-state index contributed by atoms with van der Waals surface area (Å²) < 4.78 is 0. The Kier molecular flexibility index (Phi) is 3.10. The molecule has 0 spiro atoms. The summed E-state index contributed by atoms with van der Waals surface area (Å²) in [5, 5.41) is 0. The molecule has 0 aliphatic carbocycles. The molecule has 0 bridgehead atoms. The topological polar surface area (TPSA) is 17.1 Å². The lowest BCUT2D eigenvalue weighted by Crippen LogP contribution is -1.79. The van der Waals surface area contributed by atoms with Gasteiger partial charge in [0.1, 0.15) is 0 Å². The monoisotopic (exact) mass is 158 g/mol. The summed E-state index contributed by atoms with van der Waals surface area (Å²) in [6.07, 6.45) is 1.63. The van der Waals surface area contributed by atoms with Crippen LogP contribution in [-0.2, 0) is 11.2 Å². The number of aryl methyl sites for hydroxylation is 1. The molecule has 0 fully saturated rings. The van der Waals surface area contributed by atoms with E-state index in [4.69, 9.17) is 0 Å². The molecule has 1 aromatic rings. The normalized spacial score (nSPS) is 8.42. The summed E-state index contributed by atoms with van der Waals surface area (Å²) in [5.74, 6) is 5.10. The summed E-state index contributed by atoms with van der Waals surface area (Å²) in [5.41, 5.74) is 2.17. The minimum Gasteiger partial charge on any atom is -0.289 e. The molecule has 1 aromatic carbocycles. The molecule has 0 saturated heterocycles. The highest BCUT2D eigenvalue weighted by Gasteiger charge is 1.87. The van der Waals surface area contributed by atoms with E-state index in [1.165, 1.54) is 5.56 Å². The van der Waals surface area contributed by atoms with E-state index in [0.717, 1.165) is 12.0 Å². The van der Waals surface area contributed by atoms with Gasteiger partial charge in [-0.1, -0.05) is 25.0 Å². The Bertz CT molecular complexity index is 311. The standard InChI is InChI=1S/C11H10O/c1-2-10-5-7-11(8-6-10)4-3-9-12/h5-9H,2H2,1H3. The van der Waals surface area contributed by atoms with Gasteiger partial charge in [-0.25, -0.2) is 0 Å². The van der Waals surface area contributed by atoms with Crippen molar-refractivity contribution in [2.24, 2.45) is 0 Å². The molecule has 1 nitrogen and oxygen atoms in total. The third-order valence-corrected chi connectivity index (χ3v) is 1.64. The van der Waals surface area contributed by atoms with Crippen LogP contribution in [0, 0.1) is 11.8 Å². The fourth-order valence-corrected chi connectivity index (χ4v) is 0.937. The van der Waals surface area contributed by atoms with Crippen molar-refractivity contribution in [3.8, 4) is 11.8 Å². The van der Waals surface area contributed by atoms with Crippen LogP contribution in [0.4, 0.5) is 0 Å². The lowest BCUT2D eigenvalue weighted by atomic mass is 10.1. The van der Waals surface area contributed by atoms with Crippen molar-refractivity contribution >= 4 is 6.29 Å². The van der Waals surface area contributed by atoms with E-state index >= 15 is 0 Å². The first-order chi connectivity index (χ1) is 5.86. The largest absolute Gasteiger partial charge is 0.289 e. The first kappa shape index (κ1) is 8.55. The zero-order valence-electron chi connectivity index (χ0n) is 7.00. The molecule has 0 aromatic heterocycles. The second kappa shape index (κ2) is 4.35. The number of carbonyl (C=O) groups excluding carboxylic acids is 1. The van der Waals surface area contributed by atoms with E-state index in [2.05, 4.69) is 18.8 Å². The number of hydrogen-bond donors (Lipinski definition) is 0. The van der Waals surface area contributed by atoms with Gasteiger partial charge in [0.25, 0.3) is 0 Å². The highest BCUT2D eigenvalue weighted by molar-refractivity contribution is 5.73. The molecule has 0 heterocycles. The maximum atomic E-state index is 9.93. The van der Waals surface area contributed by atoms with Crippen LogP contribution in [0.15, 0.2) is 24.3 Å². The lowest BCUT2D eigenvalue weighted by Gasteiger charge is -1.94. The van der Waals surface area contributed by atoms with Crippen molar-refractivity contribution in [1.29, 1.82) is 0 Å². The number of hydrogen-bond acceptors (Lipinski definition) is 1. The summed E-state index contributed by atoms with van der Waals surface area (Å²) >= 11 is 0. The molecular weight excluding hydrogens is 148 g/mol. The van der Waals surface area contributed by atoms with E-state index in [1.54, 1.807) is 0 Å². The van der Waals surface area contributed by atoms with Crippen molar-refractivity contribution < 1.29 is 4.79 Å². The Morgan fingerprint density at radius 1 is 1.33 bits per heavy atom. The van der Waals surface area contributed by atoms with Crippen LogP contribution in [0.2, 0.25) is 0 Å². The van der Waals surface area contributed by atoms with Crippen LogP contribution < -0.4 is 0 Å². The molecule has 0 aliphatic rings. The SMILES string of the molecule is CCc1ccc(C#CC=O)cc1. The molecular formula is C11H10O. The average Bonchev–Trinajstić information content (AvgIpc) is 2.15. The fourth-order valence-electron chi connectivity index (χ4n) is 0.937. The number of benzene rings is 1. The van der Waals surface area contributed by atoms with Crippen molar-refractivity contribution in [1.82, 2.24) is 0 Å². The second-order valence-electron chi connectivity index (χ2n) is 2.44. The molecule has 0 unspecified atom stereocenters. The van der Waals surface area contributed by atoms with Crippen molar-refractivity contribution in [3.05, 3.63) is 35.4 Å². The van der Waals surface area contributed by atoms with Crippen LogP contribution in [-0.4, -0.2) is 6.29 Å². The minimum absolute atomic E-state index is 0.605. The molecule has 0 N–H and O–H groups in total. The Morgan fingerprint density at radius 3 is 2.50 bits per heavy atom. The summed E-state index contributed by atoms with van der Waals surface area (Å²) in [4.78, 5) is 9.93. The predicted octanol–water partition coefficient (Wildman–Crippen LogP) is 1.80. The van der Waals surface area contributed by atoms with Crippen molar-refractivity contribution in [2.45, 2.75) is 13.3 Å². The quantitative estimate of drug-likeness (QED) is 0.450. The molecule has 60 valence electrons. The number of carbonyl (C=O) groups is 1. The summed E-state index contributed by atoms with van der Waals surface area (Å²) in [7, 11) is 0. The number of rotatable bonds is 1. The Hall–Kier alpha value is -1.55. The third kappa shape index (κ3) is 2.25. The Labute approximate surface area is 72.4 Å². The highest BCUT2D eigenvalue weighted by Crippen LogP contribution is 2.02. The zero-order chi connectivity index (χ0) is 8.81. The smallest absolute Gasteiger partial charge is 0.193 e. The van der Waals surface area contributed by atoms with Gasteiger partial charge in [-0.15, -0.1) is 0 Å². The van der Waals surface area contributed by atoms with Gasteiger partial charge in [0.15, 0.2) is 6.29 Å². The maximum absolute atomic E-state index is 9.93. The maximum Gasteiger partial charge on any atom is 0.193 e. The first-order valence-corrected chi connectivity index (χ1v) is 3.91. The first-order valence-electron chi connectivity index (χ1n) is 3.91. The van der Waals surface area contributed by atoms with Gasteiger partial charge in [0, 0.05) is 5.56 Å². The van der Waals surface area contributed by atoms with Crippen LogP contribution in [0.3, 0.4) is 0 Å². The average molecular weight is 158 g/mol. The van der Waals surface area contributed by atoms with Gasteiger partial charge in [-0.2, -0.15) is 0 Å². The Morgan fingerprint density at radius 2 is 2.00 bits per heavy atom. The van der Waals surface area contributed by atoms with Crippen molar-refractivity contribution in [2.75, 3.05) is 0 Å². The summed E-state index contributed by atoms with van der Waals surface area (Å²) in [6, 6.07) is 7.90.